The summed E-state index contributed by atoms with van der Waals surface area (Å²) in [6, 6.07) is 0. The zero-order valence-corrected chi connectivity index (χ0v) is 35.8. The maximum atomic E-state index is 12.6. The second kappa shape index (κ2) is 39.7. The maximum absolute atomic E-state index is 12.6. The number of aliphatic hydroxyl groups is 3. The Labute approximate surface area is 339 Å². The molecular formula is C44H79O11P. The van der Waals surface area contributed by atoms with Crippen LogP contribution in [0.25, 0.3) is 0 Å². The SMILES string of the molecule is CCCCCCCCCCCCCCCCCC(=O)O[C@H](COC(=O)CCC/C=C\C/C=C\C/C=C\C=C\[C@H](O)CCCCC)COP(=O)(O)OC[C@@H](O)CO. The zero-order chi connectivity index (χ0) is 41.4. The Balaban J connectivity index is 4.42. The topological polar surface area (TPSA) is 169 Å². The van der Waals surface area contributed by atoms with Gasteiger partial charge in [0.1, 0.15) is 12.7 Å². The molecule has 0 aromatic heterocycles. The highest BCUT2D eigenvalue weighted by Gasteiger charge is 2.27. The fourth-order valence-electron chi connectivity index (χ4n) is 5.68. The second-order valence-electron chi connectivity index (χ2n) is 14.6. The molecule has 0 rings (SSSR count). The largest absolute Gasteiger partial charge is 0.472 e. The molecule has 11 nitrogen and oxygen atoms in total. The van der Waals surface area contributed by atoms with E-state index in [4.69, 9.17) is 19.1 Å². The molecule has 4 N–H and O–H groups in total. The first-order valence-electron chi connectivity index (χ1n) is 21.7. The fourth-order valence-corrected chi connectivity index (χ4v) is 6.47. The Kier molecular flexibility index (Phi) is 38.2. The Hall–Kier alpha value is -2.11. The Bertz CT molecular complexity index is 1090. The number of aliphatic hydroxyl groups excluding tert-OH is 3. The van der Waals surface area contributed by atoms with Crippen LogP contribution in [0.3, 0.4) is 0 Å². The summed E-state index contributed by atoms with van der Waals surface area (Å²) in [5.41, 5.74) is 0. The monoisotopic (exact) mass is 815 g/mol. The molecule has 0 aliphatic heterocycles. The van der Waals surface area contributed by atoms with Crippen LogP contribution in [0.15, 0.2) is 48.6 Å². The van der Waals surface area contributed by atoms with Crippen molar-refractivity contribution in [3.8, 4) is 0 Å². The van der Waals surface area contributed by atoms with Crippen molar-refractivity contribution in [2.75, 3.05) is 26.4 Å². The summed E-state index contributed by atoms with van der Waals surface area (Å²) in [5.74, 6) is -1.01. The lowest BCUT2D eigenvalue weighted by atomic mass is 10.0. The van der Waals surface area contributed by atoms with Gasteiger partial charge in [0, 0.05) is 12.8 Å². The number of carbonyl (C=O) groups is 2. The van der Waals surface area contributed by atoms with Crippen molar-refractivity contribution >= 4 is 19.8 Å². The van der Waals surface area contributed by atoms with Gasteiger partial charge in [-0.15, -0.1) is 0 Å². The van der Waals surface area contributed by atoms with E-state index in [1.165, 1.54) is 70.6 Å². The van der Waals surface area contributed by atoms with Gasteiger partial charge in [0.25, 0.3) is 0 Å². The van der Waals surface area contributed by atoms with Gasteiger partial charge in [0.05, 0.1) is 25.9 Å². The number of carbonyl (C=O) groups excluding carboxylic acids is 2. The molecule has 0 saturated carbocycles. The molecule has 1 unspecified atom stereocenters. The van der Waals surface area contributed by atoms with Crippen LogP contribution >= 0.6 is 7.82 Å². The molecule has 4 atom stereocenters. The zero-order valence-electron chi connectivity index (χ0n) is 35.0. The summed E-state index contributed by atoms with van der Waals surface area (Å²) in [4.78, 5) is 34.9. The van der Waals surface area contributed by atoms with Gasteiger partial charge < -0.3 is 29.7 Å². The van der Waals surface area contributed by atoms with Crippen LogP contribution in [-0.2, 0) is 32.7 Å². The van der Waals surface area contributed by atoms with Crippen LogP contribution in [-0.4, -0.2) is 76.9 Å². The number of allylic oxidation sites excluding steroid dienone is 7. The quantitative estimate of drug-likeness (QED) is 0.0153. The standard InChI is InChI=1S/C44H79O11P/c1-3-5-7-8-9-10-11-12-13-14-17-21-24-27-31-35-44(49)55-42(39-54-56(50,51)53-37-41(47)36-45)38-52-43(48)34-30-26-23-20-18-15-16-19-22-25-29-33-40(46)32-28-6-4-2/h15-16,20,22-23,25,29,33,40-42,45-47H,3-14,17-19,21,24,26-28,30-32,34-39H2,1-2H3,(H,50,51)/b16-15-,23-20-,25-22-,33-29+/t40-,41+,42-/m1/s1. The summed E-state index contributed by atoms with van der Waals surface area (Å²) in [7, 11) is -4.64. The summed E-state index contributed by atoms with van der Waals surface area (Å²) >= 11 is 0. The smallest absolute Gasteiger partial charge is 0.462 e. The lowest BCUT2D eigenvalue weighted by molar-refractivity contribution is -0.161. The average molecular weight is 815 g/mol. The molecular weight excluding hydrogens is 735 g/mol. The minimum Gasteiger partial charge on any atom is -0.462 e. The first kappa shape index (κ1) is 53.9. The van der Waals surface area contributed by atoms with Crippen molar-refractivity contribution in [3.05, 3.63) is 48.6 Å². The van der Waals surface area contributed by atoms with Crippen LogP contribution in [0.4, 0.5) is 0 Å². The van der Waals surface area contributed by atoms with Gasteiger partial charge in [0.15, 0.2) is 6.10 Å². The minimum absolute atomic E-state index is 0.146. The number of hydrogen-bond acceptors (Lipinski definition) is 10. The van der Waals surface area contributed by atoms with Crippen molar-refractivity contribution < 1.29 is 52.9 Å². The van der Waals surface area contributed by atoms with Gasteiger partial charge >= 0.3 is 19.8 Å². The van der Waals surface area contributed by atoms with Crippen LogP contribution in [0, 0.1) is 0 Å². The Morgan fingerprint density at radius 2 is 1.12 bits per heavy atom. The molecule has 326 valence electrons. The number of rotatable bonds is 40. The molecule has 0 aliphatic carbocycles. The minimum atomic E-state index is -4.64. The van der Waals surface area contributed by atoms with Crippen molar-refractivity contribution in [3.63, 3.8) is 0 Å². The summed E-state index contributed by atoms with van der Waals surface area (Å²) in [6.07, 6.45) is 38.3. The normalized spacial score (nSPS) is 14.9. The number of phosphoric ester groups is 1. The molecule has 0 fully saturated rings. The summed E-state index contributed by atoms with van der Waals surface area (Å²) in [5, 5.41) is 28.2. The second-order valence-corrected chi connectivity index (χ2v) is 16.0. The van der Waals surface area contributed by atoms with Crippen molar-refractivity contribution in [1.82, 2.24) is 0 Å². The average Bonchev–Trinajstić information content (AvgIpc) is 3.18. The van der Waals surface area contributed by atoms with E-state index in [1.807, 2.05) is 36.5 Å². The van der Waals surface area contributed by atoms with Crippen LogP contribution < -0.4 is 0 Å². The van der Waals surface area contributed by atoms with Gasteiger partial charge in [0.2, 0.25) is 0 Å². The fraction of sp³-hybridized carbons (Fsp3) is 0.773. The van der Waals surface area contributed by atoms with Crippen molar-refractivity contribution in [2.24, 2.45) is 0 Å². The Morgan fingerprint density at radius 3 is 1.73 bits per heavy atom. The summed E-state index contributed by atoms with van der Waals surface area (Å²) < 4.78 is 32.6. The lowest BCUT2D eigenvalue weighted by Crippen LogP contribution is -2.29. The molecule has 0 saturated heterocycles. The number of phosphoric acid groups is 1. The van der Waals surface area contributed by atoms with Gasteiger partial charge in [-0.2, -0.15) is 0 Å². The lowest BCUT2D eigenvalue weighted by Gasteiger charge is -2.20. The van der Waals surface area contributed by atoms with E-state index in [-0.39, 0.29) is 25.6 Å². The van der Waals surface area contributed by atoms with Gasteiger partial charge in [-0.3, -0.25) is 18.6 Å². The molecule has 0 bridgehead atoms. The third kappa shape index (κ3) is 38.7. The first-order chi connectivity index (χ1) is 27.1. The molecule has 12 heteroatoms. The van der Waals surface area contributed by atoms with Crippen molar-refractivity contribution in [2.45, 2.75) is 193 Å². The molecule has 0 spiro atoms. The molecule has 0 aromatic rings. The van der Waals surface area contributed by atoms with Gasteiger partial charge in [-0.05, 0) is 38.5 Å². The van der Waals surface area contributed by atoms with Crippen LogP contribution in [0.5, 0.6) is 0 Å². The number of unbranched alkanes of at least 4 members (excludes halogenated alkanes) is 17. The third-order valence-electron chi connectivity index (χ3n) is 9.09. The molecule has 0 radical (unpaired) electrons. The molecule has 0 aliphatic rings. The predicted molar refractivity (Wildman–Crippen MR) is 225 cm³/mol. The Morgan fingerprint density at radius 1 is 0.607 bits per heavy atom. The number of esters is 2. The van der Waals surface area contributed by atoms with Gasteiger partial charge in [-0.1, -0.05) is 172 Å². The number of hydrogen-bond donors (Lipinski definition) is 4. The maximum Gasteiger partial charge on any atom is 0.472 e. The van der Waals surface area contributed by atoms with E-state index in [0.717, 1.165) is 57.8 Å². The third-order valence-corrected chi connectivity index (χ3v) is 10.0. The predicted octanol–water partition coefficient (Wildman–Crippen LogP) is 10.3. The van der Waals surface area contributed by atoms with E-state index in [1.54, 1.807) is 0 Å². The number of ether oxygens (including phenoxy) is 2. The molecule has 0 heterocycles. The van der Waals surface area contributed by atoms with Crippen LogP contribution in [0.1, 0.15) is 174 Å². The van der Waals surface area contributed by atoms with E-state index < -0.39 is 51.8 Å². The van der Waals surface area contributed by atoms with E-state index in [9.17, 15) is 29.3 Å². The first-order valence-corrected chi connectivity index (χ1v) is 23.2. The molecule has 0 amide bonds. The van der Waals surface area contributed by atoms with Crippen LogP contribution in [0.2, 0.25) is 0 Å². The highest BCUT2D eigenvalue weighted by Crippen LogP contribution is 2.43. The van der Waals surface area contributed by atoms with E-state index in [0.29, 0.717) is 19.3 Å². The summed E-state index contributed by atoms with van der Waals surface area (Å²) in [6.45, 7) is 2.18. The molecule has 0 aromatic carbocycles. The van der Waals surface area contributed by atoms with Crippen molar-refractivity contribution in [1.29, 1.82) is 0 Å². The highest BCUT2D eigenvalue weighted by atomic mass is 31.2. The molecule has 56 heavy (non-hydrogen) atoms. The highest BCUT2D eigenvalue weighted by molar-refractivity contribution is 7.47. The van der Waals surface area contributed by atoms with E-state index >= 15 is 0 Å². The van der Waals surface area contributed by atoms with E-state index in [2.05, 4.69) is 30.5 Å². The van der Waals surface area contributed by atoms with Gasteiger partial charge in [-0.25, -0.2) is 4.57 Å².